The fourth-order valence-corrected chi connectivity index (χ4v) is 1.73. The highest BCUT2D eigenvalue weighted by atomic mass is 16.6. The van der Waals surface area contributed by atoms with Gasteiger partial charge in [-0.3, -0.25) is 9.59 Å². The number of hydrogen-bond acceptors (Lipinski definition) is 5. The van der Waals surface area contributed by atoms with E-state index in [0.717, 1.165) is 18.5 Å². The van der Waals surface area contributed by atoms with Crippen LogP contribution in [0.15, 0.2) is 18.2 Å². The molecule has 5 heteroatoms. The van der Waals surface area contributed by atoms with Gasteiger partial charge in [0.05, 0.1) is 10.8 Å². The SMILES string of the molecule is CN(C)CCc1ccc(OC(=O)C(C)(C)C)c(OC(=O)C(C)(C)C)c1. The molecule has 0 heterocycles. The first-order valence-electron chi connectivity index (χ1n) is 8.53. The molecule has 0 aliphatic rings. The van der Waals surface area contributed by atoms with Crippen molar-refractivity contribution in [1.82, 2.24) is 4.90 Å². The summed E-state index contributed by atoms with van der Waals surface area (Å²) in [5.41, 5.74) is -0.277. The van der Waals surface area contributed by atoms with Crippen molar-refractivity contribution in [3.8, 4) is 11.5 Å². The van der Waals surface area contributed by atoms with Crippen LogP contribution < -0.4 is 9.47 Å². The maximum atomic E-state index is 12.3. The smallest absolute Gasteiger partial charge is 0.316 e. The van der Waals surface area contributed by atoms with Crippen molar-refractivity contribution in [3.05, 3.63) is 23.8 Å². The van der Waals surface area contributed by atoms with Gasteiger partial charge in [0.25, 0.3) is 0 Å². The highest BCUT2D eigenvalue weighted by Gasteiger charge is 2.28. The Kier molecular flexibility index (Phi) is 6.77. The van der Waals surface area contributed by atoms with Crippen LogP contribution >= 0.6 is 0 Å². The average Bonchev–Trinajstić information content (AvgIpc) is 2.45. The lowest BCUT2D eigenvalue weighted by Crippen LogP contribution is -2.28. The van der Waals surface area contributed by atoms with Gasteiger partial charge in [0.15, 0.2) is 11.5 Å². The standard InChI is InChI=1S/C20H31NO4/c1-19(2,3)17(22)24-15-10-9-14(11-12-21(7)8)13-16(15)25-18(23)20(4,5)6/h9-10,13H,11-12H2,1-8H3. The van der Waals surface area contributed by atoms with Gasteiger partial charge in [-0.2, -0.15) is 0 Å². The van der Waals surface area contributed by atoms with Crippen LogP contribution in [0.5, 0.6) is 11.5 Å². The third-order valence-electron chi connectivity index (χ3n) is 3.49. The van der Waals surface area contributed by atoms with E-state index in [2.05, 4.69) is 4.90 Å². The number of carbonyl (C=O) groups is 2. The van der Waals surface area contributed by atoms with Crippen LogP contribution in [0, 0.1) is 10.8 Å². The van der Waals surface area contributed by atoms with E-state index < -0.39 is 10.8 Å². The van der Waals surface area contributed by atoms with Gasteiger partial charge in [-0.1, -0.05) is 6.07 Å². The fourth-order valence-electron chi connectivity index (χ4n) is 1.73. The largest absolute Gasteiger partial charge is 0.422 e. The normalized spacial score (nSPS) is 12.2. The molecule has 0 aliphatic carbocycles. The fraction of sp³-hybridized carbons (Fsp3) is 0.600. The van der Waals surface area contributed by atoms with E-state index in [9.17, 15) is 9.59 Å². The predicted octanol–water partition coefficient (Wildman–Crippen LogP) is 3.69. The number of hydrogen-bond donors (Lipinski definition) is 0. The molecule has 5 nitrogen and oxygen atoms in total. The van der Waals surface area contributed by atoms with E-state index in [1.165, 1.54) is 0 Å². The van der Waals surface area contributed by atoms with Crippen molar-refractivity contribution < 1.29 is 19.1 Å². The van der Waals surface area contributed by atoms with Crippen molar-refractivity contribution >= 4 is 11.9 Å². The van der Waals surface area contributed by atoms with Gasteiger partial charge in [-0.15, -0.1) is 0 Å². The Morgan fingerprint density at radius 1 is 0.880 bits per heavy atom. The highest BCUT2D eigenvalue weighted by Crippen LogP contribution is 2.32. The molecule has 0 radical (unpaired) electrons. The molecule has 140 valence electrons. The number of nitrogens with zero attached hydrogens (tertiary/aromatic N) is 1. The van der Waals surface area contributed by atoms with Gasteiger partial charge in [-0.25, -0.2) is 0 Å². The van der Waals surface area contributed by atoms with Crippen LogP contribution in [0.2, 0.25) is 0 Å². The Labute approximate surface area is 151 Å². The Morgan fingerprint density at radius 3 is 1.80 bits per heavy atom. The van der Waals surface area contributed by atoms with E-state index in [-0.39, 0.29) is 23.4 Å². The number of carbonyl (C=O) groups excluding carboxylic acids is 2. The van der Waals surface area contributed by atoms with Gasteiger partial charge >= 0.3 is 11.9 Å². The summed E-state index contributed by atoms with van der Waals surface area (Å²) in [5.74, 6) is -0.188. The molecule has 0 bridgehead atoms. The first-order valence-corrected chi connectivity index (χ1v) is 8.53. The first kappa shape index (κ1) is 21.2. The van der Waals surface area contributed by atoms with Gasteiger partial charge in [0, 0.05) is 6.54 Å². The first-order chi connectivity index (χ1) is 11.3. The van der Waals surface area contributed by atoms with Crippen molar-refractivity contribution in [3.63, 3.8) is 0 Å². The third kappa shape index (κ3) is 6.86. The van der Waals surface area contributed by atoms with Gasteiger partial charge in [0.1, 0.15) is 0 Å². The summed E-state index contributed by atoms with van der Waals surface area (Å²) >= 11 is 0. The number of likely N-dealkylation sites (N-methyl/N-ethyl adjacent to an activating group) is 1. The molecule has 1 rings (SSSR count). The summed E-state index contributed by atoms with van der Waals surface area (Å²) in [4.78, 5) is 26.6. The summed E-state index contributed by atoms with van der Waals surface area (Å²) in [6, 6.07) is 5.36. The molecular weight excluding hydrogens is 318 g/mol. The molecule has 25 heavy (non-hydrogen) atoms. The van der Waals surface area contributed by atoms with Crippen LogP contribution in [0.3, 0.4) is 0 Å². The Balaban J connectivity index is 3.13. The molecule has 1 aromatic rings. The Hall–Kier alpha value is -1.88. The molecule has 0 amide bonds. The van der Waals surface area contributed by atoms with Gasteiger partial charge in [-0.05, 0) is 79.8 Å². The van der Waals surface area contributed by atoms with Crippen LogP contribution in [0.25, 0.3) is 0 Å². The number of esters is 2. The van der Waals surface area contributed by atoms with E-state index in [1.807, 2.05) is 20.2 Å². The quantitative estimate of drug-likeness (QED) is 0.599. The molecule has 0 atom stereocenters. The second-order valence-corrected chi connectivity index (χ2v) is 8.61. The zero-order chi connectivity index (χ0) is 19.4. The monoisotopic (exact) mass is 349 g/mol. The van der Waals surface area contributed by atoms with Crippen LogP contribution in [0.4, 0.5) is 0 Å². The zero-order valence-corrected chi connectivity index (χ0v) is 16.7. The van der Waals surface area contributed by atoms with E-state index >= 15 is 0 Å². The third-order valence-corrected chi connectivity index (χ3v) is 3.49. The summed E-state index contributed by atoms with van der Waals surface area (Å²) in [6.07, 6.45) is 0.806. The topological polar surface area (TPSA) is 55.8 Å². The lowest BCUT2D eigenvalue weighted by Gasteiger charge is -2.21. The summed E-state index contributed by atoms with van der Waals surface area (Å²) in [5, 5.41) is 0. The molecule has 0 N–H and O–H groups in total. The molecule has 0 saturated heterocycles. The molecule has 0 aliphatic heterocycles. The lowest BCUT2D eigenvalue weighted by molar-refractivity contribution is -0.145. The maximum absolute atomic E-state index is 12.3. The molecular formula is C20H31NO4. The molecule has 0 spiro atoms. The minimum Gasteiger partial charge on any atom is -0.422 e. The van der Waals surface area contributed by atoms with Gasteiger partial charge < -0.3 is 14.4 Å². The molecule has 0 unspecified atom stereocenters. The maximum Gasteiger partial charge on any atom is 0.316 e. The number of ether oxygens (including phenoxy) is 2. The Bertz CT molecular complexity index is 622. The Morgan fingerprint density at radius 2 is 1.36 bits per heavy atom. The predicted molar refractivity (Wildman–Crippen MR) is 98.9 cm³/mol. The van der Waals surface area contributed by atoms with Crippen molar-refractivity contribution in [2.75, 3.05) is 20.6 Å². The van der Waals surface area contributed by atoms with Gasteiger partial charge in [0.2, 0.25) is 0 Å². The molecule has 0 aromatic heterocycles. The van der Waals surface area contributed by atoms with Crippen molar-refractivity contribution in [2.45, 2.75) is 48.0 Å². The minimum absolute atomic E-state index is 0.270. The zero-order valence-electron chi connectivity index (χ0n) is 16.7. The molecule has 0 fully saturated rings. The number of rotatable bonds is 5. The second kappa shape index (κ2) is 8.00. The summed E-state index contributed by atoms with van der Waals surface area (Å²) < 4.78 is 11.0. The lowest BCUT2D eigenvalue weighted by atomic mass is 9.97. The highest BCUT2D eigenvalue weighted by molar-refractivity contribution is 5.81. The van der Waals surface area contributed by atoms with Crippen LogP contribution in [0.1, 0.15) is 47.1 Å². The second-order valence-electron chi connectivity index (χ2n) is 8.61. The number of benzene rings is 1. The minimum atomic E-state index is -0.648. The average molecular weight is 349 g/mol. The van der Waals surface area contributed by atoms with Crippen LogP contribution in [-0.2, 0) is 16.0 Å². The summed E-state index contributed by atoms with van der Waals surface area (Å²) in [7, 11) is 4.00. The van der Waals surface area contributed by atoms with Crippen molar-refractivity contribution in [2.24, 2.45) is 10.8 Å². The summed E-state index contributed by atoms with van der Waals surface area (Å²) in [6.45, 7) is 11.6. The van der Waals surface area contributed by atoms with Crippen LogP contribution in [-0.4, -0.2) is 37.5 Å². The molecule has 1 aromatic carbocycles. The van der Waals surface area contributed by atoms with E-state index in [0.29, 0.717) is 0 Å². The van der Waals surface area contributed by atoms with E-state index in [1.54, 1.807) is 53.7 Å². The van der Waals surface area contributed by atoms with E-state index in [4.69, 9.17) is 9.47 Å². The van der Waals surface area contributed by atoms with Crippen molar-refractivity contribution in [1.29, 1.82) is 0 Å². The molecule has 0 saturated carbocycles.